The molecule has 1 aliphatic heterocycles. The van der Waals surface area contributed by atoms with Crippen LogP contribution in [0.1, 0.15) is 11.7 Å². The molecule has 4 aromatic rings. The van der Waals surface area contributed by atoms with Crippen molar-refractivity contribution in [3.63, 3.8) is 0 Å². The number of ether oxygens (including phenoxy) is 1. The largest absolute Gasteiger partial charge is 0.370 e. The molecule has 2 N–H and O–H groups in total. The lowest BCUT2D eigenvalue weighted by Crippen LogP contribution is -2.41. The summed E-state index contributed by atoms with van der Waals surface area (Å²) >= 11 is 5.42. The van der Waals surface area contributed by atoms with E-state index in [1.54, 1.807) is 30.1 Å². The third kappa shape index (κ3) is 5.42. The van der Waals surface area contributed by atoms with E-state index in [1.165, 1.54) is 0 Å². The number of rotatable bonds is 5. The monoisotopic (exact) mass is 498 g/mol. The van der Waals surface area contributed by atoms with Gasteiger partial charge in [0.2, 0.25) is 5.95 Å². The second kappa shape index (κ2) is 10.7. The van der Waals surface area contributed by atoms with Crippen molar-refractivity contribution >= 4 is 34.7 Å². The third-order valence-corrected chi connectivity index (χ3v) is 6.21. The Balaban J connectivity index is 1.29. The van der Waals surface area contributed by atoms with Crippen molar-refractivity contribution in [3.05, 3.63) is 101 Å². The van der Waals surface area contributed by atoms with Crippen LogP contribution in [0.2, 0.25) is 0 Å². The highest BCUT2D eigenvalue weighted by Gasteiger charge is 2.25. The predicted octanol–water partition coefficient (Wildman–Crippen LogP) is 4.23. The lowest BCUT2D eigenvalue weighted by atomic mass is 10.1. The first kappa shape index (κ1) is 23.7. The highest BCUT2D eigenvalue weighted by molar-refractivity contribution is 7.80. The van der Waals surface area contributed by atoms with E-state index in [9.17, 15) is 4.79 Å². The Hall–Kier alpha value is -4.08. The molecule has 8 nitrogen and oxygen atoms in total. The standard InChI is InChI=1S/C27H26N6O2S/c1-32-25(34)17-23(19-11-13-28-14-12-19)31-27(32)33-15-16-35-24(18-33)20-7-9-22(10-8-20)30-26(36)29-21-5-3-2-4-6-21/h2-14,17,24H,15-16,18H2,1H3,(H2,29,30,36)/t24-/m1/s1. The van der Waals surface area contributed by atoms with Crippen LogP contribution in [-0.4, -0.2) is 39.3 Å². The lowest BCUT2D eigenvalue weighted by Gasteiger charge is -2.34. The number of pyridine rings is 1. The molecule has 0 spiro atoms. The minimum absolute atomic E-state index is 0.106. The molecule has 1 saturated heterocycles. The average Bonchev–Trinajstić information content (AvgIpc) is 2.91. The van der Waals surface area contributed by atoms with Crippen LogP contribution in [0.4, 0.5) is 17.3 Å². The number of para-hydroxylation sites is 1. The summed E-state index contributed by atoms with van der Waals surface area (Å²) in [5, 5.41) is 6.90. The van der Waals surface area contributed by atoms with E-state index >= 15 is 0 Å². The van der Waals surface area contributed by atoms with Gasteiger partial charge in [0.05, 0.1) is 18.8 Å². The molecule has 9 heteroatoms. The molecule has 0 bridgehead atoms. The van der Waals surface area contributed by atoms with Gasteiger partial charge in [-0.2, -0.15) is 0 Å². The van der Waals surface area contributed by atoms with Gasteiger partial charge >= 0.3 is 0 Å². The van der Waals surface area contributed by atoms with Gasteiger partial charge in [0.25, 0.3) is 5.56 Å². The molecule has 1 atom stereocenters. The number of nitrogens with one attached hydrogen (secondary N) is 2. The molecule has 0 unspecified atom stereocenters. The van der Waals surface area contributed by atoms with Crippen LogP contribution in [0.15, 0.2) is 90.0 Å². The van der Waals surface area contributed by atoms with E-state index in [2.05, 4.69) is 20.5 Å². The van der Waals surface area contributed by atoms with Crippen molar-refractivity contribution in [2.75, 3.05) is 35.2 Å². The highest BCUT2D eigenvalue weighted by atomic mass is 32.1. The van der Waals surface area contributed by atoms with Gasteiger partial charge in [0, 0.05) is 49.0 Å². The summed E-state index contributed by atoms with van der Waals surface area (Å²) in [5.74, 6) is 0.623. The Morgan fingerprint density at radius 2 is 1.69 bits per heavy atom. The van der Waals surface area contributed by atoms with E-state index < -0.39 is 0 Å². The zero-order valence-corrected chi connectivity index (χ0v) is 20.6. The Morgan fingerprint density at radius 3 is 2.42 bits per heavy atom. The SMILES string of the molecule is Cn1c(N2CCO[C@@H](c3ccc(NC(=S)Nc4ccccc4)cc3)C2)nc(-c2ccncc2)cc1=O. The van der Waals surface area contributed by atoms with E-state index in [4.69, 9.17) is 21.9 Å². The molecule has 0 amide bonds. The fourth-order valence-electron chi connectivity index (χ4n) is 4.11. The number of hydrogen-bond acceptors (Lipinski definition) is 6. The van der Waals surface area contributed by atoms with Gasteiger partial charge in [-0.3, -0.25) is 14.3 Å². The molecule has 36 heavy (non-hydrogen) atoms. The molecule has 0 saturated carbocycles. The molecule has 3 heterocycles. The summed E-state index contributed by atoms with van der Waals surface area (Å²) in [6.45, 7) is 1.77. The molecule has 5 rings (SSSR count). The summed E-state index contributed by atoms with van der Waals surface area (Å²) in [4.78, 5) is 23.7. The average molecular weight is 499 g/mol. The molecule has 182 valence electrons. The first-order chi connectivity index (χ1) is 17.6. The number of thiocarbonyl (C=S) groups is 1. The Labute approximate surface area is 214 Å². The third-order valence-electron chi connectivity index (χ3n) is 6.01. The fourth-order valence-corrected chi connectivity index (χ4v) is 4.35. The Bertz CT molecular complexity index is 1390. The van der Waals surface area contributed by atoms with Gasteiger partial charge in [-0.25, -0.2) is 4.98 Å². The maximum Gasteiger partial charge on any atom is 0.255 e. The first-order valence-corrected chi connectivity index (χ1v) is 12.1. The number of anilines is 3. The van der Waals surface area contributed by atoms with Gasteiger partial charge < -0.3 is 20.3 Å². The maximum atomic E-state index is 12.7. The molecule has 2 aromatic heterocycles. The van der Waals surface area contributed by atoms with Gasteiger partial charge in [0.15, 0.2) is 5.11 Å². The van der Waals surface area contributed by atoms with E-state index in [1.807, 2.05) is 66.7 Å². The number of aromatic nitrogens is 3. The van der Waals surface area contributed by atoms with Gasteiger partial charge in [-0.05, 0) is 54.2 Å². The summed E-state index contributed by atoms with van der Waals surface area (Å²) in [6.07, 6.45) is 3.24. The van der Waals surface area contributed by atoms with Crippen LogP contribution in [0, 0.1) is 0 Å². The van der Waals surface area contributed by atoms with Crippen LogP contribution in [-0.2, 0) is 11.8 Å². The van der Waals surface area contributed by atoms with Crippen molar-refractivity contribution in [2.24, 2.45) is 7.05 Å². The quantitative estimate of drug-likeness (QED) is 0.396. The molecule has 0 radical (unpaired) electrons. The van der Waals surface area contributed by atoms with Crippen LogP contribution in [0.3, 0.4) is 0 Å². The Morgan fingerprint density at radius 1 is 1.00 bits per heavy atom. The van der Waals surface area contributed by atoms with Gasteiger partial charge in [-0.1, -0.05) is 30.3 Å². The van der Waals surface area contributed by atoms with E-state index in [0.717, 1.165) is 22.5 Å². The van der Waals surface area contributed by atoms with Crippen molar-refractivity contribution in [1.29, 1.82) is 0 Å². The van der Waals surface area contributed by atoms with Crippen LogP contribution in [0.5, 0.6) is 0 Å². The smallest absolute Gasteiger partial charge is 0.255 e. The topological polar surface area (TPSA) is 84.3 Å². The molecular weight excluding hydrogens is 472 g/mol. The molecule has 2 aromatic carbocycles. The van der Waals surface area contributed by atoms with Crippen LogP contribution < -0.4 is 21.1 Å². The molecule has 0 aliphatic carbocycles. The van der Waals surface area contributed by atoms with Crippen molar-refractivity contribution in [3.8, 4) is 11.3 Å². The Kier molecular flexibility index (Phi) is 7.01. The lowest BCUT2D eigenvalue weighted by molar-refractivity contribution is 0.0390. The van der Waals surface area contributed by atoms with E-state index in [-0.39, 0.29) is 11.7 Å². The van der Waals surface area contributed by atoms with E-state index in [0.29, 0.717) is 36.5 Å². The summed E-state index contributed by atoms with van der Waals surface area (Å²) in [7, 11) is 1.75. The molecular formula is C27H26N6O2S. The zero-order valence-electron chi connectivity index (χ0n) is 19.8. The van der Waals surface area contributed by atoms with Crippen molar-refractivity contribution in [1.82, 2.24) is 14.5 Å². The normalized spacial score (nSPS) is 15.4. The first-order valence-electron chi connectivity index (χ1n) is 11.6. The van der Waals surface area contributed by atoms with Crippen LogP contribution in [0.25, 0.3) is 11.3 Å². The summed E-state index contributed by atoms with van der Waals surface area (Å²) in [6, 6.07) is 23.1. The van der Waals surface area contributed by atoms with Gasteiger partial charge in [0.1, 0.15) is 6.10 Å². The number of morpholine rings is 1. The highest BCUT2D eigenvalue weighted by Crippen LogP contribution is 2.27. The summed E-state index contributed by atoms with van der Waals surface area (Å²) < 4.78 is 7.66. The zero-order chi connectivity index (χ0) is 24.9. The van der Waals surface area contributed by atoms with Crippen LogP contribution >= 0.6 is 12.2 Å². The maximum absolute atomic E-state index is 12.7. The minimum atomic E-state index is -0.149. The van der Waals surface area contributed by atoms with Crippen molar-refractivity contribution in [2.45, 2.75) is 6.10 Å². The minimum Gasteiger partial charge on any atom is -0.370 e. The molecule has 1 fully saturated rings. The van der Waals surface area contributed by atoms with Gasteiger partial charge in [-0.15, -0.1) is 0 Å². The predicted molar refractivity (Wildman–Crippen MR) is 146 cm³/mol. The number of hydrogen-bond donors (Lipinski definition) is 2. The summed E-state index contributed by atoms with van der Waals surface area (Å²) in [5.41, 5.74) is 4.24. The second-order valence-corrected chi connectivity index (χ2v) is 8.86. The number of nitrogens with zero attached hydrogens (tertiary/aromatic N) is 4. The fraction of sp³-hybridized carbons (Fsp3) is 0.185. The second-order valence-electron chi connectivity index (χ2n) is 8.45. The van der Waals surface area contributed by atoms with Crippen molar-refractivity contribution < 1.29 is 4.74 Å². The molecule has 1 aliphatic rings. The number of benzene rings is 2.